The Morgan fingerprint density at radius 3 is 2.60 bits per heavy atom. The van der Waals surface area contributed by atoms with Crippen LogP contribution in [0.1, 0.15) is 18.4 Å². The van der Waals surface area contributed by atoms with Gasteiger partial charge in [0.25, 0.3) is 0 Å². The van der Waals surface area contributed by atoms with E-state index in [1.165, 1.54) is 5.56 Å². The van der Waals surface area contributed by atoms with E-state index in [1.807, 2.05) is 30.3 Å². The minimum absolute atomic E-state index is 0.166. The summed E-state index contributed by atoms with van der Waals surface area (Å²) in [5.41, 5.74) is 5.93. The van der Waals surface area contributed by atoms with Crippen molar-refractivity contribution in [3.63, 3.8) is 0 Å². The van der Waals surface area contributed by atoms with Gasteiger partial charge >= 0.3 is 0 Å². The van der Waals surface area contributed by atoms with E-state index in [9.17, 15) is 5.11 Å². The van der Waals surface area contributed by atoms with Crippen LogP contribution in [0.3, 0.4) is 0 Å². The number of aliphatic hydroxyl groups is 1. The van der Waals surface area contributed by atoms with Crippen molar-refractivity contribution in [3.05, 3.63) is 35.9 Å². The number of ether oxygens (including phenoxy) is 1. The molecule has 1 aliphatic carbocycles. The Labute approximate surface area is 89.9 Å². The summed E-state index contributed by atoms with van der Waals surface area (Å²) >= 11 is 0. The molecule has 0 aliphatic heterocycles. The largest absolute Gasteiger partial charge is 0.388 e. The molecule has 3 heteroatoms. The molecule has 1 aromatic rings. The van der Waals surface area contributed by atoms with Gasteiger partial charge in [-0.3, -0.25) is 0 Å². The Hall–Kier alpha value is -0.900. The van der Waals surface area contributed by atoms with Gasteiger partial charge in [-0.15, -0.1) is 0 Å². The van der Waals surface area contributed by atoms with E-state index in [1.54, 1.807) is 0 Å². The van der Waals surface area contributed by atoms with Crippen molar-refractivity contribution >= 4 is 0 Å². The molecule has 0 bridgehead atoms. The maximum absolute atomic E-state index is 9.68. The van der Waals surface area contributed by atoms with E-state index >= 15 is 0 Å². The van der Waals surface area contributed by atoms with Crippen molar-refractivity contribution in [2.45, 2.75) is 31.2 Å². The van der Waals surface area contributed by atoms with Gasteiger partial charge in [0.15, 0.2) is 0 Å². The monoisotopic (exact) mass is 207 g/mol. The van der Waals surface area contributed by atoms with E-state index in [2.05, 4.69) is 0 Å². The highest BCUT2D eigenvalue weighted by molar-refractivity contribution is 5.13. The van der Waals surface area contributed by atoms with Crippen LogP contribution in [-0.4, -0.2) is 23.4 Å². The molecule has 3 N–H and O–H groups in total. The van der Waals surface area contributed by atoms with Crippen molar-refractivity contribution < 1.29 is 9.84 Å². The molecule has 0 saturated heterocycles. The standard InChI is InChI=1S/C12H17NO2/c13-9-12(14)6-11(7-12)15-8-10-4-2-1-3-5-10/h1-5,11,14H,6-9,13H2. The number of hydrogen-bond acceptors (Lipinski definition) is 3. The molecule has 1 saturated carbocycles. The van der Waals surface area contributed by atoms with Crippen LogP contribution in [0.4, 0.5) is 0 Å². The first-order valence-electron chi connectivity index (χ1n) is 5.30. The minimum Gasteiger partial charge on any atom is -0.388 e. The average molecular weight is 207 g/mol. The fourth-order valence-corrected chi connectivity index (χ4v) is 1.86. The topological polar surface area (TPSA) is 55.5 Å². The van der Waals surface area contributed by atoms with Gasteiger partial charge in [-0.25, -0.2) is 0 Å². The zero-order valence-electron chi connectivity index (χ0n) is 8.73. The third-order valence-corrected chi connectivity index (χ3v) is 2.92. The Balaban J connectivity index is 1.73. The Morgan fingerprint density at radius 2 is 2.00 bits per heavy atom. The van der Waals surface area contributed by atoms with Gasteiger partial charge in [0, 0.05) is 19.4 Å². The first-order valence-corrected chi connectivity index (χ1v) is 5.30. The van der Waals surface area contributed by atoms with Crippen LogP contribution in [0, 0.1) is 0 Å². The van der Waals surface area contributed by atoms with E-state index in [0.29, 0.717) is 26.0 Å². The number of hydrogen-bond donors (Lipinski definition) is 2. The molecule has 0 spiro atoms. The van der Waals surface area contributed by atoms with Gasteiger partial charge < -0.3 is 15.6 Å². The lowest BCUT2D eigenvalue weighted by atomic mass is 9.77. The van der Waals surface area contributed by atoms with Crippen molar-refractivity contribution in [1.82, 2.24) is 0 Å². The lowest BCUT2D eigenvalue weighted by Crippen LogP contribution is -2.53. The molecule has 0 unspecified atom stereocenters. The number of benzene rings is 1. The predicted octanol–water partition coefficient (Wildman–Crippen LogP) is 1.06. The van der Waals surface area contributed by atoms with Crippen molar-refractivity contribution in [1.29, 1.82) is 0 Å². The summed E-state index contributed by atoms with van der Waals surface area (Å²) in [5.74, 6) is 0. The Morgan fingerprint density at radius 1 is 1.33 bits per heavy atom. The predicted molar refractivity (Wildman–Crippen MR) is 58.3 cm³/mol. The summed E-state index contributed by atoms with van der Waals surface area (Å²) in [6.45, 7) is 0.949. The van der Waals surface area contributed by atoms with Crippen molar-refractivity contribution in [2.75, 3.05) is 6.54 Å². The number of rotatable bonds is 4. The van der Waals surface area contributed by atoms with Gasteiger partial charge in [0.05, 0.1) is 18.3 Å². The molecule has 3 nitrogen and oxygen atoms in total. The van der Waals surface area contributed by atoms with Crippen molar-refractivity contribution in [3.8, 4) is 0 Å². The van der Waals surface area contributed by atoms with E-state index < -0.39 is 5.60 Å². The lowest BCUT2D eigenvalue weighted by Gasteiger charge is -2.42. The van der Waals surface area contributed by atoms with Gasteiger partial charge in [0.2, 0.25) is 0 Å². The van der Waals surface area contributed by atoms with Crippen LogP contribution in [0.5, 0.6) is 0 Å². The molecular formula is C12H17NO2. The molecule has 0 atom stereocenters. The zero-order valence-corrected chi connectivity index (χ0v) is 8.73. The Kier molecular flexibility index (Phi) is 3.05. The molecule has 0 aromatic heterocycles. The van der Waals surface area contributed by atoms with Crippen LogP contribution < -0.4 is 5.73 Å². The summed E-state index contributed by atoms with van der Waals surface area (Å²) < 4.78 is 5.65. The summed E-state index contributed by atoms with van der Waals surface area (Å²) in [6, 6.07) is 10.0. The first kappa shape index (κ1) is 10.6. The fraction of sp³-hybridized carbons (Fsp3) is 0.500. The molecule has 2 rings (SSSR count). The van der Waals surface area contributed by atoms with Crippen LogP contribution >= 0.6 is 0 Å². The SMILES string of the molecule is NCC1(O)CC(OCc2ccccc2)C1. The van der Waals surface area contributed by atoms with E-state index in [0.717, 1.165) is 0 Å². The van der Waals surface area contributed by atoms with Crippen LogP contribution in [0.15, 0.2) is 30.3 Å². The third-order valence-electron chi connectivity index (χ3n) is 2.92. The maximum Gasteiger partial charge on any atom is 0.0818 e. The molecule has 0 radical (unpaired) electrons. The van der Waals surface area contributed by atoms with Crippen LogP contribution in [0.25, 0.3) is 0 Å². The summed E-state index contributed by atoms with van der Waals surface area (Å²) in [5, 5.41) is 9.68. The van der Waals surface area contributed by atoms with Crippen LogP contribution in [-0.2, 0) is 11.3 Å². The van der Waals surface area contributed by atoms with Gasteiger partial charge in [-0.2, -0.15) is 0 Å². The highest BCUT2D eigenvalue weighted by Gasteiger charge is 2.42. The van der Waals surface area contributed by atoms with E-state index in [4.69, 9.17) is 10.5 Å². The normalized spacial score (nSPS) is 29.9. The summed E-state index contributed by atoms with van der Waals surface area (Å²) in [7, 11) is 0. The van der Waals surface area contributed by atoms with Crippen molar-refractivity contribution in [2.24, 2.45) is 5.73 Å². The second-order valence-corrected chi connectivity index (χ2v) is 4.26. The molecule has 1 aromatic carbocycles. The quantitative estimate of drug-likeness (QED) is 0.776. The van der Waals surface area contributed by atoms with Crippen LogP contribution in [0.2, 0.25) is 0 Å². The second kappa shape index (κ2) is 4.31. The highest BCUT2D eigenvalue weighted by Crippen LogP contribution is 2.33. The Bertz CT molecular complexity index is 307. The maximum atomic E-state index is 9.68. The minimum atomic E-state index is -0.665. The summed E-state index contributed by atoms with van der Waals surface area (Å²) in [6.07, 6.45) is 1.49. The molecule has 15 heavy (non-hydrogen) atoms. The lowest BCUT2D eigenvalue weighted by molar-refractivity contribution is -0.138. The molecule has 82 valence electrons. The smallest absolute Gasteiger partial charge is 0.0818 e. The summed E-state index contributed by atoms with van der Waals surface area (Å²) in [4.78, 5) is 0. The molecule has 0 amide bonds. The average Bonchev–Trinajstić information content (AvgIpc) is 2.24. The molecule has 0 heterocycles. The first-order chi connectivity index (χ1) is 7.22. The van der Waals surface area contributed by atoms with Gasteiger partial charge in [-0.05, 0) is 5.56 Å². The molecule has 1 fully saturated rings. The highest BCUT2D eigenvalue weighted by atomic mass is 16.5. The number of nitrogens with two attached hydrogens (primary N) is 1. The zero-order chi connectivity index (χ0) is 10.7. The third kappa shape index (κ3) is 2.56. The molecule has 1 aliphatic rings. The second-order valence-electron chi connectivity index (χ2n) is 4.26. The van der Waals surface area contributed by atoms with Gasteiger partial charge in [0.1, 0.15) is 0 Å². The van der Waals surface area contributed by atoms with Gasteiger partial charge in [-0.1, -0.05) is 30.3 Å². The van der Waals surface area contributed by atoms with E-state index in [-0.39, 0.29) is 6.10 Å². The molecular weight excluding hydrogens is 190 g/mol. The fourth-order valence-electron chi connectivity index (χ4n) is 1.86.